The van der Waals surface area contributed by atoms with E-state index < -0.39 is 5.60 Å². The van der Waals surface area contributed by atoms with Crippen molar-refractivity contribution in [1.82, 2.24) is 30.1 Å². The zero-order valence-corrected chi connectivity index (χ0v) is 18.7. The molecule has 1 saturated heterocycles. The average Bonchev–Trinajstić information content (AvgIpc) is 3.44. The van der Waals surface area contributed by atoms with E-state index in [1.54, 1.807) is 15.9 Å². The number of hydrogen-bond acceptors (Lipinski definition) is 8. The fourth-order valence-corrected chi connectivity index (χ4v) is 4.09. The lowest BCUT2D eigenvalue weighted by Gasteiger charge is -2.33. The van der Waals surface area contributed by atoms with Crippen molar-refractivity contribution in [2.75, 3.05) is 19.7 Å². The number of carbonyl (C=O) groups is 1. The van der Waals surface area contributed by atoms with Crippen molar-refractivity contribution in [3.05, 3.63) is 36.8 Å². The van der Waals surface area contributed by atoms with Gasteiger partial charge in [0.05, 0.1) is 17.2 Å². The number of amides is 1. The Morgan fingerprint density at radius 3 is 2.58 bits per heavy atom. The van der Waals surface area contributed by atoms with Gasteiger partial charge in [0.1, 0.15) is 11.9 Å². The minimum Gasteiger partial charge on any atom is -0.470 e. The van der Waals surface area contributed by atoms with E-state index in [1.807, 2.05) is 51.2 Å². The highest BCUT2D eigenvalue weighted by Crippen LogP contribution is 2.31. The third-order valence-electron chi connectivity index (χ3n) is 4.96. The molecule has 9 nitrogen and oxygen atoms in total. The summed E-state index contributed by atoms with van der Waals surface area (Å²) < 4.78 is 13.0. The van der Waals surface area contributed by atoms with E-state index in [9.17, 15) is 4.79 Å². The van der Waals surface area contributed by atoms with Crippen LogP contribution in [0.25, 0.3) is 16.1 Å². The summed E-state index contributed by atoms with van der Waals surface area (Å²) in [5.41, 5.74) is 1.50. The van der Waals surface area contributed by atoms with Gasteiger partial charge in [-0.15, -0.1) is 5.10 Å². The number of thiazole rings is 1. The van der Waals surface area contributed by atoms with E-state index in [-0.39, 0.29) is 6.09 Å². The van der Waals surface area contributed by atoms with Crippen LogP contribution >= 0.6 is 11.3 Å². The Labute approximate surface area is 185 Å². The van der Waals surface area contributed by atoms with Crippen LogP contribution in [0.1, 0.15) is 33.6 Å². The number of nitrogens with zero attached hydrogens (tertiary/aromatic N) is 6. The van der Waals surface area contributed by atoms with Crippen LogP contribution in [0.2, 0.25) is 0 Å². The molecule has 164 valence electrons. The summed E-state index contributed by atoms with van der Waals surface area (Å²) >= 11 is 1.52. The standard InChI is InChI=1S/C21H26N6O3S/c1-21(2,3)30-20(28)26-10-8-15(9-11-26)13-29-19-22-12-18(31-19)16-4-6-17(7-5-16)27-14-23-24-25-27/h4-7,12,14-15H,8-11,13H2,1-3H3. The first-order valence-corrected chi connectivity index (χ1v) is 11.1. The predicted octanol–water partition coefficient (Wildman–Crippen LogP) is 3.81. The van der Waals surface area contributed by atoms with E-state index in [1.165, 1.54) is 11.3 Å². The Morgan fingerprint density at radius 2 is 1.94 bits per heavy atom. The summed E-state index contributed by atoms with van der Waals surface area (Å²) in [5, 5.41) is 11.9. The molecule has 0 N–H and O–H groups in total. The molecule has 0 aliphatic carbocycles. The molecule has 0 bridgehead atoms. The first-order valence-electron chi connectivity index (χ1n) is 10.3. The highest BCUT2D eigenvalue weighted by Gasteiger charge is 2.27. The van der Waals surface area contributed by atoms with Gasteiger partial charge in [0, 0.05) is 19.3 Å². The van der Waals surface area contributed by atoms with Crippen LogP contribution in [-0.4, -0.2) is 61.5 Å². The van der Waals surface area contributed by atoms with Crippen LogP contribution in [0.5, 0.6) is 5.19 Å². The van der Waals surface area contributed by atoms with Gasteiger partial charge < -0.3 is 14.4 Å². The van der Waals surface area contributed by atoms with Crippen LogP contribution < -0.4 is 4.74 Å². The number of likely N-dealkylation sites (tertiary alicyclic amines) is 1. The number of carbonyl (C=O) groups excluding carboxylic acids is 1. The monoisotopic (exact) mass is 442 g/mol. The lowest BCUT2D eigenvalue weighted by atomic mass is 9.98. The molecule has 0 unspecified atom stereocenters. The molecule has 1 aliphatic rings. The second kappa shape index (κ2) is 9.01. The number of aromatic nitrogens is 5. The first kappa shape index (κ1) is 21.2. The molecule has 4 rings (SSSR count). The average molecular weight is 443 g/mol. The van der Waals surface area contributed by atoms with E-state index in [0.29, 0.717) is 30.8 Å². The second-order valence-electron chi connectivity index (χ2n) is 8.51. The first-order chi connectivity index (χ1) is 14.9. The van der Waals surface area contributed by atoms with Crippen molar-refractivity contribution < 1.29 is 14.3 Å². The lowest BCUT2D eigenvalue weighted by molar-refractivity contribution is 0.0165. The van der Waals surface area contributed by atoms with Gasteiger partial charge in [-0.3, -0.25) is 0 Å². The third kappa shape index (κ3) is 5.57. The largest absolute Gasteiger partial charge is 0.470 e. The molecule has 10 heteroatoms. The quantitative estimate of drug-likeness (QED) is 0.593. The maximum atomic E-state index is 12.2. The molecular weight excluding hydrogens is 416 g/mol. The van der Waals surface area contributed by atoms with Crippen LogP contribution in [0.15, 0.2) is 36.8 Å². The highest BCUT2D eigenvalue weighted by atomic mass is 32.1. The molecule has 1 fully saturated rings. The van der Waals surface area contributed by atoms with E-state index in [0.717, 1.165) is 29.0 Å². The molecule has 0 saturated carbocycles. The summed E-state index contributed by atoms with van der Waals surface area (Å²) in [6.45, 7) is 7.65. The molecule has 3 aromatic rings. The fraction of sp³-hybridized carbons (Fsp3) is 0.476. The summed E-state index contributed by atoms with van der Waals surface area (Å²) in [4.78, 5) is 19.4. The minimum atomic E-state index is -0.465. The van der Waals surface area contributed by atoms with Gasteiger partial charge in [0.15, 0.2) is 0 Å². The van der Waals surface area contributed by atoms with Gasteiger partial charge >= 0.3 is 6.09 Å². The van der Waals surface area contributed by atoms with E-state index in [4.69, 9.17) is 9.47 Å². The third-order valence-corrected chi connectivity index (χ3v) is 5.92. The number of hydrogen-bond donors (Lipinski definition) is 0. The van der Waals surface area contributed by atoms with Crippen molar-refractivity contribution in [2.45, 2.75) is 39.2 Å². The molecule has 3 heterocycles. The summed E-state index contributed by atoms with van der Waals surface area (Å²) in [7, 11) is 0. The summed E-state index contributed by atoms with van der Waals surface area (Å²) in [6, 6.07) is 7.95. The van der Waals surface area contributed by atoms with Crippen molar-refractivity contribution in [1.29, 1.82) is 0 Å². The van der Waals surface area contributed by atoms with Crippen molar-refractivity contribution in [2.24, 2.45) is 5.92 Å². The highest BCUT2D eigenvalue weighted by molar-refractivity contribution is 7.16. The zero-order valence-electron chi connectivity index (χ0n) is 17.9. The van der Waals surface area contributed by atoms with Crippen molar-refractivity contribution >= 4 is 17.4 Å². The Hall–Kier alpha value is -3.01. The van der Waals surface area contributed by atoms with Gasteiger partial charge in [-0.2, -0.15) is 0 Å². The van der Waals surface area contributed by atoms with Gasteiger partial charge in [-0.05, 0) is 67.7 Å². The molecule has 31 heavy (non-hydrogen) atoms. The Morgan fingerprint density at radius 1 is 1.19 bits per heavy atom. The molecule has 1 aliphatic heterocycles. The maximum Gasteiger partial charge on any atom is 0.410 e. The molecule has 0 radical (unpaired) electrons. The van der Waals surface area contributed by atoms with Gasteiger partial charge in [-0.25, -0.2) is 14.5 Å². The van der Waals surface area contributed by atoms with E-state index in [2.05, 4.69) is 20.5 Å². The van der Waals surface area contributed by atoms with Gasteiger partial charge in [0.25, 0.3) is 5.19 Å². The van der Waals surface area contributed by atoms with Crippen LogP contribution in [0, 0.1) is 5.92 Å². The van der Waals surface area contributed by atoms with Crippen molar-refractivity contribution in [3.63, 3.8) is 0 Å². The number of tetrazole rings is 1. The molecule has 0 spiro atoms. The summed E-state index contributed by atoms with van der Waals surface area (Å²) in [5.74, 6) is 0.404. The van der Waals surface area contributed by atoms with Crippen LogP contribution in [0.3, 0.4) is 0 Å². The molecule has 1 aromatic carbocycles. The Bertz CT molecular complexity index is 989. The Kier molecular flexibility index (Phi) is 6.17. The van der Waals surface area contributed by atoms with Crippen LogP contribution in [-0.2, 0) is 4.74 Å². The lowest BCUT2D eigenvalue weighted by Crippen LogP contribution is -2.42. The summed E-state index contributed by atoms with van der Waals surface area (Å²) in [6.07, 6.45) is 4.96. The second-order valence-corrected chi connectivity index (χ2v) is 9.51. The molecular formula is C21H26N6O3S. The maximum absolute atomic E-state index is 12.2. The van der Waals surface area contributed by atoms with Gasteiger partial charge in [-0.1, -0.05) is 23.5 Å². The number of piperidine rings is 1. The van der Waals surface area contributed by atoms with Crippen molar-refractivity contribution in [3.8, 4) is 21.3 Å². The number of rotatable bonds is 5. The topological polar surface area (TPSA) is 95.3 Å². The smallest absolute Gasteiger partial charge is 0.410 e. The normalized spacial score (nSPS) is 15.1. The SMILES string of the molecule is CC(C)(C)OC(=O)N1CCC(COc2ncc(-c3ccc(-n4cnnn4)cc3)s2)CC1. The fourth-order valence-electron chi connectivity index (χ4n) is 3.31. The number of ether oxygens (including phenoxy) is 2. The van der Waals surface area contributed by atoms with E-state index >= 15 is 0 Å². The Balaban J connectivity index is 1.26. The molecule has 1 amide bonds. The molecule has 2 aromatic heterocycles. The van der Waals surface area contributed by atoms with Gasteiger partial charge in [0.2, 0.25) is 0 Å². The minimum absolute atomic E-state index is 0.234. The number of benzene rings is 1. The van der Waals surface area contributed by atoms with Crippen LogP contribution in [0.4, 0.5) is 4.79 Å². The molecule has 0 atom stereocenters. The zero-order chi connectivity index (χ0) is 21.8. The predicted molar refractivity (Wildman–Crippen MR) is 116 cm³/mol.